The van der Waals surface area contributed by atoms with Crippen LogP contribution in [0, 0.1) is 0 Å². The molecule has 2 rings (SSSR count). The highest BCUT2D eigenvalue weighted by atomic mass is 16.3. The second-order valence-corrected chi connectivity index (χ2v) is 4.54. The van der Waals surface area contributed by atoms with E-state index in [9.17, 15) is 9.90 Å². The summed E-state index contributed by atoms with van der Waals surface area (Å²) in [5.74, 6) is 0.0801. The molecule has 0 aliphatic rings. The topological polar surface area (TPSA) is 37.3 Å². The number of carbonyl (C=O) groups is 1. The zero-order valence-electron chi connectivity index (χ0n) is 11.3. The van der Waals surface area contributed by atoms with Crippen LogP contribution >= 0.6 is 0 Å². The summed E-state index contributed by atoms with van der Waals surface area (Å²) in [6, 6.07) is 16.2. The van der Waals surface area contributed by atoms with Crippen LogP contribution in [0.3, 0.4) is 0 Å². The quantitative estimate of drug-likeness (QED) is 0.509. The molecule has 0 saturated heterocycles. The number of hydrogen-bond acceptors (Lipinski definition) is 2. The van der Waals surface area contributed by atoms with Gasteiger partial charge in [0.1, 0.15) is 5.75 Å². The van der Waals surface area contributed by atoms with Gasteiger partial charge in [-0.05, 0) is 42.8 Å². The maximum atomic E-state index is 11.9. The van der Waals surface area contributed by atoms with Gasteiger partial charge < -0.3 is 5.11 Å². The van der Waals surface area contributed by atoms with Crippen LogP contribution in [0.1, 0.15) is 22.8 Å². The van der Waals surface area contributed by atoms with Crippen molar-refractivity contribution in [2.45, 2.75) is 6.92 Å². The molecule has 0 spiro atoms. The van der Waals surface area contributed by atoms with Gasteiger partial charge in [0.25, 0.3) is 0 Å². The largest absolute Gasteiger partial charge is 0.508 e. The van der Waals surface area contributed by atoms with Crippen molar-refractivity contribution in [2.75, 3.05) is 0 Å². The molecule has 20 heavy (non-hydrogen) atoms. The normalized spacial score (nSPS) is 11.8. The van der Waals surface area contributed by atoms with Crippen LogP contribution in [0.15, 0.2) is 72.3 Å². The fraction of sp³-hybridized carbons (Fsp3) is 0.0556. The molecule has 0 unspecified atom stereocenters. The molecule has 0 saturated carbocycles. The summed E-state index contributed by atoms with van der Waals surface area (Å²) in [7, 11) is 0. The number of phenolic OH excluding ortho intramolecular Hbond substituents is 1. The Hall–Kier alpha value is -2.61. The van der Waals surface area contributed by atoms with Crippen molar-refractivity contribution >= 4 is 11.9 Å². The molecule has 1 N–H and O–H groups in total. The third-order valence-electron chi connectivity index (χ3n) is 2.84. The molecule has 0 amide bonds. The third-order valence-corrected chi connectivity index (χ3v) is 2.84. The Balaban J connectivity index is 2.07. The molecule has 0 fully saturated rings. The first-order valence-electron chi connectivity index (χ1n) is 6.40. The van der Waals surface area contributed by atoms with Crippen LogP contribution in [0.4, 0.5) is 0 Å². The van der Waals surface area contributed by atoms with Crippen molar-refractivity contribution in [1.82, 2.24) is 0 Å². The molecule has 0 aromatic heterocycles. The molecular formula is C18H16O2. The Morgan fingerprint density at radius 3 is 2.25 bits per heavy atom. The number of carbonyl (C=O) groups excluding carboxylic acids is 1. The summed E-state index contributed by atoms with van der Waals surface area (Å²) in [5, 5.41) is 9.18. The van der Waals surface area contributed by atoms with Crippen LogP contribution in [0.5, 0.6) is 5.75 Å². The van der Waals surface area contributed by atoms with Gasteiger partial charge in [-0.1, -0.05) is 48.1 Å². The van der Waals surface area contributed by atoms with Gasteiger partial charge in [0, 0.05) is 5.56 Å². The van der Waals surface area contributed by atoms with Crippen LogP contribution in [-0.2, 0) is 0 Å². The van der Waals surface area contributed by atoms with Gasteiger partial charge in [0.05, 0.1) is 0 Å². The molecule has 0 aliphatic carbocycles. The second kappa shape index (κ2) is 6.53. The SMILES string of the molecule is CC(=C/c1ccccc1)/C=C/C(=O)c1ccc(O)cc1. The maximum absolute atomic E-state index is 11.9. The summed E-state index contributed by atoms with van der Waals surface area (Å²) in [4.78, 5) is 11.9. The highest BCUT2D eigenvalue weighted by molar-refractivity contribution is 6.04. The number of aromatic hydroxyl groups is 1. The number of phenols is 1. The summed E-state index contributed by atoms with van der Waals surface area (Å²) in [6.45, 7) is 1.95. The summed E-state index contributed by atoms with van der Waals surface area (Å²) < 4.78 is 0. The highest BCUT2D eigenvalue weighted by Crippen LogP contribution is 2.11. The van der Waals surface area contributed by atoms with E-state index in [2.05, 4.69) is 0 Å². The van der Waals surface area contributed by atoms with Crippen molar-refractivity contribution in [2.24, 2.45) is 0 Å². The third kappa shape index (κ3) is 3.95. The standard InChI is InChI=1S/C18H16O2/c1-14(13-15-5-3-2-4-6-15)7-12-18(20)16-8-10-17(19)11-9-16/h2-13,19H,1H3/b12-7+,14-13-. The van der Waals surface area contributed by atoms with Crippen LogP contribution in [0.2, 0.25) is 0 Å². The summed E-state index contributed by atoms with van der Waals surface area (Å²) in [5.41, 5.74) is 2.67. The van der Waals surface area contributed by atoms with E-state index in [1.165, 1.54) is 12.1 Å². The van der Waals surface area contributed by atoms with Gasteiger partial charge in [0.2, 0.25) is 0 Å². The zero-order chi connectivity index (χ0) is 14.4. The van der Waals surface area contributed by atoms with E-state index in [-0.39, 0.29) is 11.5 Å². The fourth-order valence-corrected chi connectivity index (χ4v) is 1.79. The van der Waals surface area contributed by atoms with Crippen molar-refractivity contribution in [3.63, 3.8) is 0 Å². The molecule has 100 valence electrons. The first kappa shape index (κ1) is 13.8. The minimum atomic E-state index is -0.0780. The van der Waals surface area contributed by atoms with Gasteiger partial charge in [-0.2, -0.15) is 0 Å². The lowest BCUT2D eigenvalue weighted by Gasteiger charge is -1.97. The van der Waals surface area contributed by atoms with E-state index in [4.69, 9.17) is 0 Å². The molecule has 0 atom stereocenters. The first-order chi connectivity index (χ1) is 9.65. The van der Waals surface area contributed by atoms with Crippen LogP contribution in [-0.4, -0.2) is 10.9 Å². The van der Waals surface area contributed by atoms with Gasteiger partial charge in [0.15, 0.2) is 5.78 Å². The number of benzene rings is 2. The predicted octanol–water partition coefficient (Wildman–Crippen LogP) is 4.23. The van der Waals surface area contributed by atoms with Crippen molar-refractivity contribution < 1.29 is 9.90 Å². The van der Waals surface area contributed by atoms with E-state index in [1.807, 2.05) is 43.3 Å². The van der Waals surface area contributed by atoms with E-state index in [0.29, 0.717) is 5.56 Å². The average Bonchev–Trinajstić information content (AvgIpc) is 2.46. The lowest BCUT2D eigenvalue weighted by Crippen LogP contribution is -1.93. The monoisotopic (exact) mass is 264 g/mol. The van der Waals surface area contributed by atoms with E-state index < -0.39 is 0 Å². The Morgan fingerprint density at radius 2 is 1.60 bits per heavy atom. The van der Waals surface area contributed by atoms with Gasteiger partial charge in [-0.3, -0.25) is 4.79 Å². The second-order valence-electron chi connectivity index (χ2n) is 4.54. The molecule has 0 radical (unpaired) electrons. The molecular weight excluding hydrogens is 248 g/mol. The molecule has 0 heterocycles. The van der Waals surface area contributed by atoms with Gasteiger partial charge in [-0.25, -0.2) is 0 Å². The Bertz CT molecular complexity index is 635. The fourth-order valence-electron chi connectivity index (χ4n) is 1.79. The number of rotatable bonds is 4. The van der Waals surface area contributed by atoms with Crippen molar-refractivity contribution in [3.05, 3.63) is 83.4 Å². The number of hydrogen-bond donors (Lipinski definition) is 1. The molecule has 2 heteroatoms. The minimum Gasteiger partial charge on any atom is -0.508 e. The first-order valence-corrected chi connectivity index (χ1v) is 6.40. The minimum absolute atomic E-state index is 0.0780. The summed E-state index contributed by atoms with van der Waals surface area (Å²) in [6.07, 6.45) is 5.35. The van der Waals surface area contributed by atoms with Crippen LogP contribution in [0.25, 0.3) is 6.08 Å². The van der Waals surface area contributed by atoms with Gasteiger partial charge in [-0.15, -0.1) is 0 Å². The molecule has 2 nitrogen and oxygen atoms in total. The Morgan fingerprint density at radius 1 is 0.950 bits per heavy atom. The van der Waals surface area contributed by atoms with E-state index >= 15 is 0 Å². The van der Waals surface area contributed by atoms with Crippen molar-refractivity contribution in [1.29, 1.82) is 0 Å². The number of ketones is 1. The lowest BCUT2D eigenvalue weighted by atomic mass is 10.1. The maximum Gasteiger partial charge on any atom is 0.185 e. The molecule has 2 aromatic carbocycles. The van der Waals surface area contributed by atoms with E-state index in [1.54, 1.807) is 24.3 Å². The lowest BCUT2D eigenvalue weighted by molar-refractivity contribution is 0.104. The number of allylic oxidation sites excluding steroid dienone is 3. The smallest absolute Gasteiger partial charge is 0.185 e. The molecule has 0 bridgehead atoms. The molecule has 2 aromatic rings. The highest BCUT2D eigenvalue weighted by Gasteiger charge is 2.00. The Labute approximate surface area is 118 Å². The van der Waals surface area contributed by atoms with Gasteiger partial charge >= 0.3 is 0 Å². The van der Waals surface area contributed by atoms with Crippen molar-refractivity contribution in [3.8, 4) is 5.75 Å². The van der Waals surface area contributed by atoms with E-state index in [0.717, 1.165) is 11.1 Å². The van der Waals surface area contributed by atoms with Crippen LogP contribution < -0.4 is 0 Å². The predicted molar refractivity (Wildman–Crippen MR) is 81.7 cm³/mol. The average molecular weight is 264 g/mol. The zero-order valence-corrected chi connectivity index (χ0v) is 11.3. The Kier molecular flexibility index (Phi) is 4.51. The summed E-state index contributed by atoms with van der Waals surface area (Å²) >= 11 is 0. The molecule has 0 aliphatic heterocycles.